The first-order valence-electron chi connectivity index (χ1n) is 6.06. The molecule has 1 aliphatic heterocycles. The number of anilines is 2. The van der Waals surface area contributed by atoms with Crippen molar-refractivity contribution in [2.24, 2.45) is 5.73 Å². The highest BCUT2D eigenvalue weighted by Crippen LogP contribution is 2.24. The van der Waals surface area contributed by atoms with Crippen molar-refractivity contribution < 1.29 is 5.11 Å². The predicted octanol–water partition coefficient (Wildman–Crippen LogP) is 0.759. The minimum atomic E-state index is -0.0837. The molecule has 94 valence electrons. The van der Waals surface area contributed by atoms with Gasteiger partial charge in [-0.05, 0) is 31.9 Å². The van der Waals surface area contributed by atoms with Gasteiger partial charge in [0.25, 0.3) is 0 Å². The number of aromatic nitrogens is 1. The van der Waals surface area contributed by atoms with Crippen LogP contribution in [0.1, 0.15) is 19.8 Å². The average Bonchev–Trinajstić information content (AvgIpc) is 2.77. The summed E-state index contributed by atoms with van der Waals surface area (Å²) in [6, 6.07) is 4.16. The zero-order valence-electron chi connectivity index (χ0n) is 10.1. The fraction of sp³-hybridized carbons (Fsp3) is 0.583. The summed E-state index contributed by atoms with van der Waals surface area (Å²) in [6.45, 7) is 3.05. The van der Waals surface area contributed by atoms with E-state index in [1.807, 2.05) is 19.1 Å². The summed E-state index contributed by atoms with van der Waals surface area (Å²) in [4.78, 5) is 6.57. The summed E-state index contributed by atoms with van der Waals surface area (Å²) in [7, 11) is 0. The minimum absolute atomic E-state index is 0.0837. The molecule has 1 aliphatic rings. The largest absolute Gasteiger partial charge is 0.394 e. The van der Waals surface area contributed by atoms with Crippen LogP contribution in [0.15, 0.2) is 18.3 Å². The molecule has 0 amide bonds. The number of pyridine rings is 1. The fourth-order valence-corrected chi connectivity index (χ4v) is 2.23. The Labute approximate surface area is 102 Å². The van der Waals surface area contributed by atoms with Crippen molar-refractivity contribution in [3.63, 3.8) is 0 Å². The maximum atomic E-state index is 9.27. The Morgan fingerprint density at radius 3 is 3.06 bits per heavy atom. The Balaban J connectivity index is 2.07. The van der Waals surface area contributed by atoms with E-state index in [9.17, 15) is 5.11 Å². The molecule has 0 radical (unpaired) electrons. The Hall–Kier alpha value is -1.33. The molecule has 5 nitrogen and oxygen atoms in total. The Morgan fingerprint density at radius 1 is 1.65 bits per heavy atom. The maximum Gasteiger partial charge on any atom is 0.128 e. The van der Waals surface area contributed by atoms with Gasteiger partial charge in [-0.3, -0.25) is 0 Å². The lowest BCUT2D eigenvalue weighted by molar-refractivity contribution is 0.266. The average molecular weight is 236 g/mol. The van der Waals surface area contributed by atoms with Crippen molar-refractivity contribution >= 4 is 11.5 Å². The predicted molar refractivity (Wildman–Crippen MR) is 69.0 cm³/mol. The van der Waals surface area contributed by atoms with Crippen LogP contribution in [-0.2, 0) is 0 Å². The van der Waals surface area contributed by atoms with Gasteiger partial charge in [0.1, 0.15) is 5.82 Å². The third-order valence-electron chi connectivity index (χ3n) is 3.02. The van der Waals surface area contributed by atoms with Crippen LogP contribution in [0, 0.1) is 0 Å². The zero-order valence-corrected chi connectivity index (χ0v) is 10.1. The molecule has 1 aromatic rings. The van der Waals surface area contributed by atoms with Crippen molar-refractivity contribution in [3.05, 3.63) is 18.3 Å². The number of aliphatic hydroxyl groups is 1. The first-order valence-corrected chi connectivity index (χ1v) is 6.06. The van der Waals surface area contributed by atoms with Crippen LogP contribution in [0.5, 0.6) is 0 Å². The molecule has 2 unspecified atom stereocenters. The summed E-state index contributed by atoms with van der Waals surface area (Å²) in [6.07, 6.45) is 3.86. The van der Waals surface area contributed by atoms with Crippen LogP contribution in [0.2, 0.25) is 0 Å². The smallest absolute Gasteiger partial charge is 0.128 e. The number of hydrogen-bond acceptors (Lipinski definition) is 5. The molecule has 5 heteroatoms. The van der Waals surface area contributed by atoms with Gasteiger partial charge in [-0.25, -0.2) is 4.98 Å². The summed E-state index contributed by atoms with van der Waals surface area (Å²) in [5.74, 6) is 0.928. The molecule has 2 rings (SSSR count). The first kappa shape index (κ1) is 12.1. The highest BCUT2D eigenvalue weighted by molar-refractivity contribution is 5.50. The van der Waals surface area contributed by atoms with Gasteiger partial charge >= 0.3 is 0 Å². The molecule has 0 aromatic carbocycles. The molecule has 1 saturated heterocycles. The van der Waals surface area contributed by atoms with E-state index < -0.39 is 0 Å². The number of aliphatic hydroxyl groups excluding tert-OH is 1. The van der Waals surface area contributed by atoms with Gasteiger partial charge in [-0.1, -0.05) is 0 Å². The molecular weight excluding hydrogens is 216 g/mol. The van der Waals surface area contributed by atoms with Crippen molar-refractivity contribution in [1.29, 1.82) is 0 Å². The second-order valence-electron chi connectivity index (χ2n) is 4.51. The van der Waals surface area contributed by atoms with E-state index in [0.29, 0.717) is 0 Å². The third kappa shape index (κ3) is 2.87. The number of nitrogens with zero attached hydrogens (tertiary/aromatic N) is 2. The zero-order chi connectivity index (χ0) is 12.3. The van der Waals surface area contributed by atoms with Gasteiger partial charge in [0, 0.05) is 6.54 Å². The molecule has 0 spiro atoms. The lowest BCUT2D eigenvalue weighted by Crippen LogP contribution is -2.32. The van der Waals surface area contributed by atoms with Crippen molar-refractivity contribution in [2.45, 2.75) is 32.0 Å². The van der Waals surface area contributed by atoms with Crippen LogP contribution >= 0.6 is 0 Å². The van der Waals surface area contributed by atoms with Crippen LogP contribution in [0.25, 0.3) is 0 Å². The van der Waals surface area contributed by atoms with Gasteiger partial charge in [0.15, 0.2) is 0 Å². The quantitative estimate of drug-likeness (QED) is 0.673. The van der Waals surface area contributed by atoms with Gasteiger partial charge in [0.2, 0.25) is 0 Å². The van der Waals surface area contributed by atoms with Gasteiger partial charge in [-0.2, -0.15) is 0 Å². The second-order valence-corrected chi connectivity index (χ2v) is 4.51. The maximum absolute atomic E-state index is 9.27. The third-order valence-corrected chi connectivity index (χ3v) is 3.02. The van der Waals surface area contributed by atoms with Crippen molar-refractivity contribution in [2.75, 3.05) is 23.4 Å². The summed E-state index contributed by atoms with van der Waals surface area (Å²) in [5.41, 5.74) is 6.57. The van der Waals surface area contributed by atoms with Gasteiger partial charge in [-0.15, -0.1) is 0 Å². The highest BCUT2D eigenvalue weighted by Gasteiger charge is 2.24. The molecule has 4 N–H and O–H groups in total. The minimum Gasteiger partial charge on any atom is -0.394 e. The molecule has 17 heavy (non-hydrogen) atoms. The molecule has 1 fully saturated rings. The molecule has 2 atom stereocenters. The number of nitrogens with one attached hydrogen (secondary N) is 1. The fourth-order valence-electron chi connectivity index (χ4n) is 2.23. The SMILES string of the molecule is CC(N)Nc1ccc(N2CCCC2CO)nc1. The first-order chi connectivity index (χ1) is 8.20. The number of nitrogens with two attached hydrogens (primary N) is 1. The van der Waals surface area contributed by atoms with Crippen molar-refractivity contribution in [3.8, 4) is 0 Å². The number of rotatable bonds is 4. The lowest BCUT2D eigenvalue weighted by atomic mass is 10.2. The van der Waals surface area contributed by atoms with E-state index >= 15 is 0 Å². The second kappa shape index (κ2) is 5.33. The van der Waals surface area contributed by atoms with Crippen LogP contribution < -0.4 is 16.0 Å². The van der Waals surface area contributed by atoms with E-state index in [2.05, 4.69) is 15.2 Å². The monoisotopic (exact) mass is 236 g/mol. The standard InChI is InChI=1S/C12H20N4O/c1-9(13)15-10-4-5-12(14-7-10)16-6-2-3-11(16)8-17/h4-5,7,9,11,15,17H,2-3,6,8,13H2,1H3. The van der Waals surface area contributed by atoms with Gasteiger partial charge in [0.05, 0.1) is 30.7 Å². The Morgan fingerprint density at radius 2 is 2.47 bits per heavy atom. The molecule has 1 aromatic heterocycles. The van der Waals surface area contributed by atoms with Crippen LogP contribution in [0.4, 0.5) is 11.5 Å². The normalized spacial score (nSPS) is 21.6. The Kier molecular flexibility index (Phi) is 3.81. The molecular formula is C12H20N4O. The van der Waals surface area contributed by atoms with Crippen molar-refractivity contribution in [1.82, 2.24) is 4.98 Å². The summed E-state index contributed by atoms with van der Waals surface area (Å²) in [5, 5.41) is 12.4. The van der Waals surface area contributed by atoms with E-state index in [0.717, 1.165) is 30.9 Å². The van der Waals surface area contributed by atoms with E-state index in [-0.39, 0.29) is 18.8 Å². The lowest BCUT2D eigenvalue weighted by Gasteiger charge is -2.24. The summed E-state index contributed by atoms with van der Waals surface area (Å²) >= 11 is 0. The van der Waals surface area contributed by atoms with E-state index in [1.54, 1.807) is 6.20 Å². The Bertz CT molecular complexity index is 352. The molecule has 0 aliphatic carbocycles. The van der Waals surface area contributed by atoms with Gasteiger partial charge < -0.3 is 21.1 Å². The summed E-state index contributed by atoms with van der Waals surface area (Å²) < 4.78 is 0. The molecule has 0 saturated carbocycles. The number of hydrogen-bond donors (Lipinski definition) is 3. The highest BCUT2D eigenvalue weighted by atomic mass is 16.3. The topological polar surface area (TPSA) is 74.4 Å². The van der Waals surface area contributed by atoms with Crippen LogP contribution in [-0.4, -0.2) is 35.4 Å². The molecule has 0 bridgehead atoms. The van der Waals surface area contributed by atoms with E-state index in [4.69, 9.17) is 5.73 Å². The molecule has 2 heterocycles. The van der Waals surface area contributed by atoms with E-state index in [1.165, 1.54) is 0 Å². The van der Waals surface area contributed by atoms with Crippen LogP contribution in [0.3, 0.4) is 0 Å².